The van der Waals surface area contributed by atoms with Gasteiger partial charge in [0.25, 0.3) is 9.04 Å². The SMILES string of the molecule is Cc1c(Br)cc(C(C)(C)C)cc1O[Si](C)C. The van der Waals surface area contributed by atoms with Crippen LogP contribution in [-0.4, -0.2) is 9.04 Å². The molecule has 0 spiro atoms. The Labute approximate surface area is 109 Å². The number of benzene rings is 1. The minimum atomic E-state index is -0.708. The van der Waals surface area contributed by atoms with E-state index in [0.717, 1.165) is 10.2 Å². The molecule has 0 amide bonds. The number of halogens is 1. The van der Waals surface area contributed by atoms with Crippen LogP contribution in [0.15, 0.2) is 16.6 Å². The first-order valence-electron chi connectivity index (χ1n) is 5.50. The zero-order valence-corrected chi connectivity index (χ0v) is 13.5. The van der Waals surface area contributed by atoms with Gasteiger partial charge in [0.05, 0.1) is 0 Å². The van der Waals surface area contributed by atoms with E-state index in [0.29, 0.717) is 0 Å². The Morgan fingerprint density at radius 3 is 2.19 bits per heavy atom. The van der Waals surface area contributed by atoms with Crippen LogP contribution in [0.4, 0.5) is 0 Å². The fourth-order valence-corrected chi connectivity index (χ4v) is 2.51. The van der Waals surface area contributed by atoms with Crippen LogP contribution < -0.4 is 4.43 Å². The Morgan fingerprint density at radius 2 is 1.75 bits per heavy atom. The number of rotatable bonds is 2. The molecule has 0 atom stereocenters. The smallest absolute Gasteiger partial charge is 0.274 e. The molecular formula is C13H20BrOSi. The molecule has 1 nitrogen and oxygen atoms in total. The monoisotopic (exact) mass is 299 g/mol. The molecule has 1 aromatic carbocycles. The summed E-state index contributed by atoms with van der Waals surface area (Å²) in [5.74, 6) is 1.03. The normalized spacial score (nSPS) is 12.0. The van der Waals surface area contributed by atoms with Crippen LogP contribution in [0.25, 0.3) is 0 Å². The molecule has 16 heavy (non-hydrogen) atoms. The molecule has 1 aromatic rings. The van der Waals surface area contributed by atoms with Crippen LogP contribution in [0.5, 0.6) is 5.75 Å². The highest BCUT2D eigenvalue weighted by Gasteiger charge is 2.17. The molecule has 0 aromatic heterocycles. The second-order valence-electron chi connectivity index (χ2n) is 5.34. The third kappa shape index (κ3) is 3.35. The molecule has 0 saturated heterocycles. The molecule has 0 bridgehead atoms. The minimum absolute atomic E-state index is 0.155. The Bertz CT molecular complexity index is 380. The molecule has 0 fully saturated rings. The van der Waals surface area contributed by atoms with Crippen molar-refractivity contribution in [2.45, 2.75) is 46.2 Å². The Kier molecular flexibility index (Phi) is 4.24. The van der Waals surface area contributed by atoms with Crippen LogP contribution in [-0.2, 0) is 5.41 Å². The zero-order valence-electron chi connectivity index (χ0n) is 10.9. The van der Waals surface area contributed by atoms with Gasteiger partial charge in [-0.05, 0) is 43.1 Å². The van der Waals surface area contributed by atoms with Crippen LogP contribution in [0.2, 0.25) is 13.1 Å². The molecule has 0 aliphatic heterocycles. The first-order chi connectivity index (χ1) is 7.21. The topological polar surface area (TPSA) is 9.23 Å². The highest BCUT2D eigenvalue weighted by Crippen LogP contribution is 2.33. The van der Waals surface area contributed by atoms with Crippen LogP contribution in [0.3, 0.4) is 0 Å². The molecule has 0 saturated carbocycles. The number of hydrogen-bond donors (Lipinski definition) is 0. The summed E-state index contributed by atoms with van der Waals surface area (Å²) >= 11 is 3.61. The Morgan fingerprint density at radius 1 is 1.19 bits per heavy atom. The van der Waals surface area contributed by atoms with Crippen molar-refractivity contribution in [3.63, 3.8) is 0 Å². The lowest BCUT2D eigenvalue weighted by Gasteiger charge is -2.22. The Balaban J connectivity index is 3.22. The predicted octanol–water partition coefficient (Wildman–Crippen LogP) is 4.68. The fraction of sp³-hybridized carbons (Fsp3) is 0.538. The van der Waals surface area contributed by atoms with Gasteiger partial charge in [0.1, 0.15) is 5.75 Å². The van der Waals surface area contributed by atoms with Gasteiger partial charge in [-0.25, -0.2) is 0 Å². The second kappa shape index (κ2) is 4.92. The summed E-state index contributed by atoms with van der Waals surface area (Å²) in [7, 11) is -0.708. The van der Waals surface area contributed by atoms with Crippen molar-refractivity contribution in [1.82, 2.24) is 0 Å². The van der Waals surface area contributed by atoms with E-state index in [4.69, 9.17) is 4.43 Å². The van der Waals surface area contributed by atoms with E-state index in [2.05, 4.69) is 68.9 Å². The van der Waals surface area contributed by atoms with Crippen LogP contribution in [0, 0.1) is 6.92 Å². The third-order valence-electron chi connectivity index (χ3n) is 2.48. The molecule has 0 aliphatic carbocycles. The van der Waals surface area contributed by atoms with Gasteiger partial charge < -0.3 is 4.43 Å². The maximum Gasteiger partial charge on any atom is 0.274 e. The van der Waals surface area contributed by atoms with E-state index in [1.807, 2.05) is 0 Å². The molecule has 1 radical (unpaired) electrons. The lowest BCUT2D eigenvalue weighted by atomic mass is 9.86. The average molecular weight is 300 g/mol. The van der Waals surface area contributed by atoms with Crippen molar-refractivity contribution >= 4 is 25.0 Å². The van der Waals surface area contributed by atoms with Gasteiger partial charge >= 0.3 is 0 Å². The Hall–Kier alpha value is -0.283. The van der Waals surface area contributed by atoms with Crippen molar-refractivity contribution < 1.29 is 4.43 Å². The molecule has 0 N–H and O–H groups in total. The fourth-order valence-electron chi connectivity index (χ4n) is 1.41. The van der Waals surface area contributed by atoms with Gasteiger partial charge in [0.2, 0.25) is 0 Å². The van der Waals surface area contributed by atoms with Gasteiger partial charge in [-0.1, -0.05) is 36.7 Å². The zero-order chi connectivity index (χ0) is 12.5. The first-order valence-corrected chi connectivity index (χ1v) is 8.70. The summed E-state index contributed by atoms with van der Waals surface area (Å²) in [6.07, 6.45) is 0. The van der Waals surface area contributed by atoms with E-state index >= 15 is 0 Å². The highest BCUT2D eigenvalue weighted by atomic mass is 79.9. The molecule has 0 aliphatic rings. The van der Waals surface area contributed by atoms with E-state index < -0.39 is 9.04 Å². The first kappa shape index (κ1) is 13.8. The van der Waals surface area contributed by atoms with Crippen molar-refractivity contribution in [1.29, 1.82) is 0 Å². The summed E-state index contributed by atoms with van der Waals surface area (Å²) < 4.78 is 7.07. The summed E-state index contributed by atoms with van der Waals surface area (Å²) in [4.78, 5) is 0. The highest BCUT2D eigenvalue weighted by molar-refractivity contribution is 9.10. The number of hydrogen-bond acceptors (Lipinski definition) is 1. The summed E-state index contributed by atoms with van der Waals surface area (Å²) in [6, 6.07) is 4.37. The van der Waals surface area contributed by atoms with Gasteiger partial charge in [0, 0.05) is 10.0 Å². The van der Waals surface area contributed by atoms with Crippen LogP contribution in [0.1, 0.15) is 31.9 Å². The largest absolute Gasteiger partial charge is 0.542 e. The molecule has 0 heterocycles. The van der Waals surface area contributed by atoms with E-state index in [1.165, 1.54) is 11.1 Å². The quantitative estimate of drug-likeness (QED) is 0.720. The van der Waals surface area contributed by atoms with Crippen molar-refractivity contribution in [3.8, 4) is 5.75 Å². The maximum absolute atomic E-state index is 5.93. The summed E-state index contributed by atoms with van der Waals surface area (Å²) in [5, 5.41) is 0. The minimum Gasteiger partial charge on any atom is -0.542 e. The molecule has 89 valence electrons. The molecule has 1 rings (SSSR count). The summed E-state index contributed by atoms with van der Waals surface area (Å²) in [6.45, 7) is 13.1. The molecule has 0 unspecified atom stereocenters. The molecular weight excluding hydrogens is 280 g/mol. The average Bonchev–Trinajstić information content (AvgIpc) is 2.10. The summed E-state index contributed by atoms with van der Waals surface area (Å²) in [5.41, 5.74) is 2.66. The van der Waals surface area contributed by atoms with Gasteiger partial charge in [-0.2, -0.15) is 0 Å². The molecule has 3 heteroatoms. The van der Waals surface area contributed by atoms with E-state index in [9.17, 15) is 0 Å². The van der Waals surface area contributed by atoms with Crippen molar-refractivity contribution in [2.75, 3.05) is 0 Å². The van der Waals surface area contributed by atoms with Crippen molar-refractivity contribution in [2.24, 2.45) is 0 Å². The third-order valence-corrected chi connectivity index (χ3v) is 3.93. The second-order valence-corrected chi connectivity index (χ2v) is 8.22. The lowest BCUT2D eigenvalue weighted by Crippen LogP contribution is -2.15. The van der Waals surface area contributed by atoms with Gasteiger partial charge in [-0.15, -0.1) is 0 Å². The van der Waals surface area contributed by atoms with Crippen LogP contribution >= 0.6 is 15.9 Å². The van der Waals surface area contributed by atoms with E-state index in [1.54, 1.807) is 0 Å². The standard InChI is InChI=1S/C13H20BrOSi/c1-9-11(14)7-10(13(2,3)4)8-12(9)15-16(5)6/h7-8H,1-6H3. The van der Waals surface area contributed by atoms with E-state index in [-0.39, 0.29) is 5.41 Å². The lowest BCUT2D eigenvalue weighted by molar-refractivity contribution is 0.556. The van der Waals surface area contributed by atoms with Gasteiger partial charge in [-0.3, -0.25) is 0 Å². The maximum atomic E-state index is 5.93. The predicted molar refractivity (Wildman–Crippen MR) is 75.7 cm³/mol. The van der Waals surface area contributed by atoms with Crippen molar-refractivity contribution in [3.05, 3.63) is 27.7 Å². The van der Waals surface area contributed by atoms with Gasteiger partial charge in [0.15, 0.2) is 0 Å².